The monoisotopic (exact) mass is 429 g/mol. The number of alkyl halides is 6. The van der Waals surface area contributed by atoms with Gasteiger partial charge in [-0.15, -0.1) is 0 Å². The number of benzene rings is 1. The average Bonchev–Trinajstić information content (AvgIpc) is 2.42. The van der Waals surface area contributed by atoms with Crippen LogP contribution in [-0.4, -0.2) is 39.4 Å². The summed E-state index contributed by atoms with van der Waals surface area (Å²) in [5, 5.41) is 0. The van der Waals surface area contributed by atoms with Crippen molar-refractivity contribution in [2.45, 2.75) is 30.2 Å². The van der Waals surface area contributed by atoms with Crippen molar-refractivity contribution in [2.75, 3.05) is 6.61 Å². The van der Waals surface area contributed by atoms with Crippen LogP contribution in [0.4, 0.5) is 35.1 Å². The minimum Gasteiger partial charge on any atom is -0.465 e. The van der Waals surface area contributed by atoms with E-state index in [0.717, 1.165) is 11.6 Å². The number of esters is 1. The van der Waals surface area contributed by atoms with Gasteiger partial charge in [-0.2, -0.15) is 31.1 Å². The highest BCUT2D eigenvalue weighted by molar-refractivity contribution is 7.89. The van der Waals surface area contributed by atoms with Crippen LogP contribution < -0.4 is 4.72 Å². The number of carbonyl (C=O) groups excluding carboxylic acids is 1. The van der Waals surface area contributed by atoms with Crippen LogP contribution >= 0.6 is 0 Å². The maximum Gasteiger partial charge on any atom is 0.402 e. The van der Waals surface area contributed by atoms with E-state index in [-0.39, 0.29) is 18.2 Å². The molecule has 0 aromatic heterocycles. The number of carbonyl (C=O) groups is 1. The van der Waals surface area contributed by atoms with Crippen LogP contribution in [0.25, 0.3) is 0 Å². The first-order chi connectivity index (χ1) is 12.1. The molecular weight excluding hydrogens is 418 g/mol. The molecule has 0 heterocycles. The van der Waals surface area contributed by atoms with Crippen molar-refractivity contribution in [3.8, 4) is 0 Å². The number of ether oxygens (including phenoxy) is 1. The van der Waals surface area contributed by atoms with E-state index in [0.29, 0.717) is 0 Å². The first-order valence-electron chi connectivity index (χ1n) is 6.88. The second kappa shape index (κ2) is 7.96. The van der Waals surface area contributed by atoms with Crippen molar-refractivity contribution in [1.29, 1.82) is 0 Å². The maximum absolute atomic E-state index is 13.1. The Morgan fingerprint density at radius 1 is 1.04 bits per heavy atom. The molecule has 154 valence electrons. The molecule has 1 atom stereocenters. The van der Waals surface area contributed by atoms with Crippen molar-refractivity contribution >= 4 is 16.0 Å². The van der Waals surface area contributed by atoms with E-state index < -0.39 is 63.4 Å². The fraction of sp³-hybridized carbons (Fsp3) is 0.462. The lowest BCUT2D eigenvalue weighted by molar-refractivity contribution is -0.290. The van der Waals surface area contributed by atoms with Crippen LogP contribution in [0, 0.1) is 17.6 Å². The molecule has 1 N–H and O–H groups in total. The molecule has 14 heteroatoms. The predicted octanol–water partition coefficient (Wildman–Crippen LogP) is 2.92. The topological polar surface area (TPSA) is 72.5 Å². The minimum absolute atomic E-state index is 0.143. The van der Waals surface area contributed by atoms with Crippen LogP contribution in [-0.2, 0) is 19.6 Å². The van der Waals surface area contributed by atoms with Crippen molar-refractivity contribution in [2.24, 2.45) is 5.92 Å². The minimum atomic E-state index is -6.09. The summed E-state index contributed by atoms with van der Waals surface area (Å²) in [5.41, 5.74) is 0. The molecule has 1 aromatic rings. The van der Waals surface area contributed by atoms with Gasteiger partial charge >= 0.3 is 18.3 Å². The van der Waals surface area contributed by atoms with Crippen LogP contribution in [0.15, 0.2) is 23.1 Å². The summed E-state index contributed by atoms with van der Waals surface area (Å²) in [6.07, 6.45) is -12.2. The van der Waals surface area contributed by atoms with Crippen LogP contribution in [0.1, 0.15) is 6.92 Å². The van der Waals surface area contributed by atoms with E-state index in [4.69, 9.17) is 0 Å². The third-order valence-electron chi connectivity index (χ3n) is 3.01. The van der Waals surface area contributed by atoms with Gasteiger partial charge in [0.15, 0.2) is 5.92 Å². The first-order valence-corrected chi connectivity index (χ1v) is 8.36. The van der Waals surface area contributed by atoms with E-state index in [1.807, 2.05) is 0 Å². The molecule has 0 saturated heterocycles. The lowest BCUT2D eigenvalue weighted by Gasteiger charge is -2.29. The number of halogens is 8. The molecular formula is C13H11F8NO4S. The van der Waals surface area contributed by atoms with Gasteiger partial charge in [0.25, 0.3) is 0 Å². The van der Waals surface area contributed by atoms with Gasteiger partial charge in [-0.05, 0) is 19.1 Å². The zero-order valence-electron chi connectivity index (χ0n) is 13.2. The van der Waals surface area contributed by atoms with Gasteiger partial charge < -0.3 is 4.74 Å². The Labute approximate surface area is 147 Å². The lowest BCUT2D eigenvalue weighted by atomic mass is 9.99. The van der Waals surface area contributed by atoms with Crippen molar-refractivity contribution in [3.63, 3.8) is 0 Å². The highest BCUT2D eigenvalue weighted by Gasteiger charge is 2.63. The molecule has 0 saturated carbocycles. The van der Waals surface area contributed by atoms with Gasteiger partial charge in [0, 0.05) is 6.07 Å². The van der Waals surface area contributed by atoms with Gasteiger partial charge in [-0.25, -0.2) is 17.2 Å². The molecule has 0 spiro atoms. The van der Waals surface area contributed by atoms with E-state index in [2.05, 4.69) is 4.74 Å². The fourth-order valence-electron chi connectivity index (χ4n) is 1.97. The Morgan fingerprint density at radius 2 is 1.48 bits per heavy atom. The molecule has 1 aromatic carbocycles. The molecule has 0 aliphatic heterocycles. The van der Waals surface area contributed by atoms with Gasteiger partial charge in [-0.1, -0.05) is 0 Å². The average molecular weight is 429 g/mol. The molecule has 0 radical (unpaired) electrons. The summed E-state index contributed by atoms with van der Waals surface area (Å²) < 4.78 is 133. The van der Waals surface area contributed by atoms with Crippen molar-refractivity contribution in [1.82, 2.24) is 4.72 Å². The Morgan fingerprint density at radius 3 is 1.85 bits per heavy atom. The number of rotatable bonds is 6. The number of hydrogen-bond donors (Lipinski definition) is 1. The Hall–Kier alpha value is -1.96. The molecule has 0 aliphatic rings. The van der Waals surface area contributed by atoms with Crippen LogP contribution in [0.3, 0.4) is 0 Å². The zero-order chi connectivity index (χ0) is 21.2. The third-order valence-corrected chi connectivity index (χ3v) is 4.43. The summed E-state index contributed by atoms with van der Waals surface area (Å²) in [5.74, 6) is -9.56. The molecule has 0 fully saturated rings. The standard InChI is InChI=1S/C13H11F8NO4S/c1-2-26-11(23)9(10(12(16,17)18)13(19,20)21)22-27(24,25)8-4-6(14)3-7(15)5-8/h3-5,9-10,22H,2H2,1H3. The van der Waals surface area contributed by atoms with Gasteiger partial charge in [0.1, 0.15) is 17.7 Å². The lowest BCUT2D eigenvalue weighted by Crippen LogP contribution is -2.56. The molecule has 1 rings (SSSR count). The van der Waals surface area contributed by atoms with E-state index in [9.17, 15) is 48.3 Å². The molecule has 27 heavy (non-hydrogen) atoms. The first kappa shape index (κ1) is 23.1. The Bertz CT molecular complexity index is 756. The summed E-state index contributed by atoms with van der Waals surface area (Å²) in [6.45, 7) is 0.398. The maximum atomic E-state index is 13.1. The quantitative estimate of drug-likeness (QED) is 0.558. The van der Waals surface area contributed by atoms with E-state index in [1.54, 1.807) is 0 Å². The van der Waals surface area contributed by atoms with Gasteiger partial charge in [0.05, 0.1) is 11.5 Å². The largest absolute Gasteiger partial charge is 0.465 e. The second-order valence-corrected chi connectivity index (χ2v) is 6.73. The van der Waals surface area contributed by atoms with Crippen LogP contribution in [0.5, 0.6) is 0 Å². The number of nitrogens with one attached hydrogen (secondary N) is 1. The van der Waals surface area contributed by atoms with Crippen molar-refractivity contribution in [3.05, 3.63) is 29.8 Å². The summed E-state index contributed by atoms with van der Waals surface area (Å²) in [6, 6.07) is -2.97. The summed E-state index contributed by atoms with van der Waals surface area (Å²) in [7, 11) is -5.36. The molecule has 0 bridgehead atoms. The Kier molecular flexibility index (Phi) is 6.80. The normalized spacial score (nSPS) is 14.3. The third kappa shape index (κ3) is 6.02. The molecule has 0 aliphatic carbocycles. The van der Waals surface area contributed by atoms with Crippen LogP contribution in [0.2, 0.25) is 0 Å². The zero-order valence-corrected chi connectivity index (χ0v) is 14.0. The SMILES string of the molecule is CCOC(=O)C(NS(=O)(=O)c1cc(F)cc(F)c1)C(C(F)(F)F)C(F)(F)F. The number of hydrogen-bond acceptors (Lipinski definition) is 4. The van der Waals surface area contributed by atoms with Gasteiger partial charge in [0.2, 0.25) is 10.0 Å². The summed E-state index contributed by atoms with van der Waals surface area (Å²) in [4.78, 5) is 10.3. The highest BCUT2D eigenvalue weighted by atomic mass is 32.2. The smallest absolute Gasteiger partial charge is 0.402 e. The molecule has 0 amide bonds. The molecule has 5 nitrogen and oxygen atoms in total. The van der Waals surface area contributed by atoms with E-state index >= 15 is 0 Å². The number of sulfonamides is 1. The molecule has 1 unspecified atom stereocenters. The van der Waals surface area contributed by atoms with E-state index in [1.165, 1.54) is 0 Å². The second-order valence-electron chi connectivity index (χ2n) is 5.02. The van der Waals surface area contributed by atoms with Crippen molar-refractivity contribution < 1.29 is 53.1 Å². The Balaban J connectivity index is 3.46. The predicted molar refractivity (Wildman–Crippen MR) is 72.7 cm³/mol. The van der Waals surface area contributed by atoms with Gasteiger partial charge in [-0.3, -0.25) is 4.79 Å². The fourth-order valence-corrected chi connectivity index (χ4v) is 3.20. The highest BCUT2D eigenvalue weighted by Crippen LogP contribution is 2.42. The summed E-state index contributed by atoms with van der Waals surface area (Å²) >= 11 is 0.